The molecular formula is C12H10ClN3O4S. The quantitative estimate of drug-likeness (QED) is 0.669. The van der Waals surface area contributed by atoms with Crippen LogP contribution in [0.2, 0.25) is 5.02 Å². The van der Waals surface area contributed by atoms with Crippen molar-refractivity contribution in [1.82, 2.24) is 4.98 Å². The van der Waals surface area contributed by atoms with Gasteiger partial charge < -0.3 is 10.0 Å². The van der Waals surface area contributed by atoms with Gasteiger partial charge in [0.05, 0.1) is 38.9 Å². The second-order valence-corrected chi connectivity index (χ2v) is 5.35. The first-order valence-electron chi connectivity index (χ1n) is 5.69. The van der Waals surface area contributed by atoms with E-state index in [0.717, 1.165) is 17.8 Å². The van der Waals surface area contributed by atoms with E-state index < -0.39 is 10.9 Å². The van der Waals surface area contributed by atoms with Crippen LogP contribution in [-0.2, 0) is 6.54 Å². The predicted octanol–water partition coefficient (Wildman–Crippen LogP) is 3.04. The van der Waals surface area contributed by atoms with E-state index in [4.69, 9.17) is 11.6 Å². The van der Waals surface area contributed by atoms with Gasteiger partial charge in [-0.1, -0.05) is 11.6 Å². The Labute approximate surface area is 128 Å². The van der Waals surface area contributed by atoms with Gasteiger partial charge in [-0.25, -0.2) is 9.78 Å². The van der Waals surface area contributed by atoms with Gasteiger partial charge in [-0.3, -0.25) is 10.1 Å². The van der Waals surface area contributed by atoms with Gasteiger partial charge in [0.25, 0.3) is 5.69 Å². The van der Waals surface area contributed by atoms with Gasteiger partial charge >= 0.3 is 5.97 Å². The van der Waals surface area contributed by atoms with Gasteiger partial charge in [-0.05, 0) is 0 Å². The maximum absolute atomic E-state index is 11.3. The summed E-state index contributed by atoms with van der Waals surface area (Å²) < 4.78 is 0. The number of carbonyl (C=O) groups is 1. The molecule has 1 N–H and O–H groups in total. The molecule has 0 saturated heterocycles. The van der Waals surface area contributed by atoms with Gasteiger partial charge in [-0.2, -0.15) is 0 Å². The van der Waals surface area contributed by atoms with Crippen LogP contribution >= 0.6 is 22.9 Å². The first-order chi connectivity index (χ1) is 9.90. The number of rotatable bonds is 5. The molecule has 9 heteroatoms. The zero-order valence-electron chi connectivity index (χ0n) is 10.8. The molecule has 21 heavy (non-hydrogen) atoms. The molecule has 0 bridgehead atoms. The van der Waals surface area contributed by atoms with Crippen LogP contribution in [0, 0.1) is 10.1 Å². The van der Waals surface area contributed by atoms with Crippen molar-refractivity contribution >= 4 is 40.3 Å². The molecule has 0 aliphatic carbocycles. The Kier molecular flexibility index (Phi) is 4.39. The minimum Gasteiger partial charge on any atom is -0.478 e. The highest BCUT2D eigenvalue weighted by Crippen LogP contribution is 2.34. The summed E-state index contributed by atoms with van der Waals surface area (Å²) in [6.07, 6.45) is 0. The van der Waals surface area contributed by atoms with Crippen LogP contribution < -0.4 is 4.90 Å². The maximum Gasteiger partial charge on any atom is 0.338 e. The molecule has 0 aliphatic heterocycles. The maximum atomic E-state index is 11.3. The van der Waals surface area contributed by atoms with Crippen molar-refractivity contribution in [2.75, 3.05) is 11.9 Å². The highest BCUT2D eigenvalue weighted by atomic mass is 35.5. The number of non-ortho nitro benzene ring substituents is 1. The van der Waals surface area contributed by atoms with Crippen molar-refractivity contribution in [3.63, 3.8) is 0 Å². The van der Waals surface area contributed by atoms with Gasteiger partial charge in [0.15, 0.2) is 0 Å². The number of aromatic nitrogens is 1. The van der Waals surface area contributed by atoms with E-state index in [1.807, 2.05) is 5.38 Å². The molecule has 0 saturated carbocycles. The lowest BCUT2D eigenvalue weighted by atomic mass is 10.1. The number of nitrogens with zero attached hydrogens (tertiary/aromatic N) is 3. The number of benzene rings is 1. The Bertz CT molecular complexity index is 690. The van der Waals surface area contributed by atoms with Crippen LogP contribution in [0.15, 0.2) is 23.0 Å². The lowest BCUT2D eigenvalue weighted by Gasteiger charge is -2.21. The molecule has 0 aliphatic rings. The van der Waals surface area contributed by atoms with Crippen LogP contribution in [0.1, 0.15) is 16.1 Å². The van der Waals surface area contributed by atoms with Crippen molar-refractivity contribution in [3.05, 3.63) is 49.4 Å². The smallest absolute Gasteiger partial charge is 0.338 e. The molecule has 0 unspecified atom stereocenters. The Morgan fingerprint density at radius 1 is 1.57 bits per heavy atom. The fourth-order valence-corrected chi connectivity index (χ4v) is 2.79. The van der Waals surface area contributed by atoms with Gasteiger partial charge in [0.2, 0.25) is 0 Å². The monoisotopic (exact) mass is 327 g/mol. The molecular weight excluding hydrogens is 318 g/mol. The molecule has 110 valence electrons. The number of hydrogen-bond donors (Lipinski definition) is 1. The van der Waals surface area contributed by atoms with Crippen LogP contribution in [0.4, 0.5) is 11.4 Å². The van der Waals surface area contributed by atoms with Gasteiger partial charge in [-0.15, -0.1) is 11.3 Å². The summed E-state index contributed by atoms with van der Waals surface area (Å²) >= 11 is 7.45. The molecule has 1 heterocycles. The van der Waals surface area contributed by atoms with Crippen molar-refractivity contribution in [1.29, 1.82) is 0 Å². The lowest BCUT2D eigenvalue weighted by Crippen LogP contribution is -2.20. The predicted molar refractivity (Wildman–Crippen MR) is 79.3 cm³/mol. The van der Waals surface area contributed by atoms with E-state index in [9.17, 15) is 20.0 Å². The van der Waals surface area contributed by atoms with Crippen LogP contribution in [-0.4, -0.2) is 28.0 Å². The van der Waals surface area contributed by atoms with Crippen molar-refractivity contribution in [3.8, 4) is 0 Å². The Morgan fingerprint density at radius 2 is 2.29 bits per heavy atom. The average molecular weight is 328 g/mol. The first kappa shape index (κ1) is 15.2. The Balaban J connectivity index is 2.46. The van der Waals surface area contributed by atoms with Crippen molar-refractivity contribution < 1.29 is 14.8 Å². The SMILES string of the molecule is CN(Cc1cscn1)c1c(Cl)cc([N+](=O)[O-])cc1C(=O)O. The zero-order chi connectivity index (χ0) is 15.6. The molecule has 0 atom stereocenters. The number of carboxylic acid groups (broad SMARTS) is 1. The highest BCUT2D eigenvalue weighted by molar-refractivity contribution is 7.07. The normalized spacial score (nSPS) is 10.4. The number of carboxylic acids is 1. The van der Waals surface area contributed by atoms with E-state index in [1.54, 1.807) is 17.5 Å². The average Bonchev–Trinajstić information content (AvgIpc) is 2.90. The number of halogens is 1. The van der Waals surface area contributed by atoms with Gasteiger partial charge in [0, 0.05) is 24.6 Å². The third-order valence-electron chi connectivity index (χ3n) is 2.75. The third kappa shape index (κ3) is 3.29. The molecule has 2 aromatic rings. The van der Waals surface area contributed by atoms with E-state index in [1.165, 1.54) is 11.3 Å². The number of hydrogen-bond acceptors (Lipinski definition) is 6. The number of aromatic carboxylic acids is 1. The third-order valence-corrected chi connectivity index (χ3v) is 3.68. The minimum atomic E-state index is -1.28. The Hall–Kier alpha value is -2.19. The summed E-state index contributed by atoms with van der Waals surface area (Å²) in [6, 6.07) is 2.14. The molecule has 0 spiro atoms. The van der Waals surface area contributed by atoms with Crippen molar-refractivity contribution in [2.24, 2.45) is 0 Å². The molecule has 7 nitrogen and oxygen atoms in total. The summed E-state index contributed by atoms with van der Waals surface area (Å²) in [7, 11) is 1.65. The molecule has 1 aromatic carbocycles. The van der Waals surface area contributed by atoms with E-state index in [-0.39, 0.29) is 22.0 Å². The molecule has 0 radical (unpaired) electrons. The summed E-state index contributed by atoms with van der Waals surface area (Å²) in [5.41, 5.74) is 2.07. The second-order valence-electron chi connectivity index (χ2n) is 4.22. The van der Waals surface area contributed by atoms with Crippen LogP contribution in [0.25, 0.3) is 0 Å². The first-order valence-corrected chi connectivity index (χ1v) is 7.01. The Morgan fingerprint density at radius 3 is 2.81 bits per heavy atom. The second kappa shape index (κ2) is 6.06. The van der Waals surface area contributed by atoms with E-state index in [0.29, 0.717) is 6.54 Å². The highest BCUT2D eigenvalue weighted by Gasteiger charge is 2.22. The topological polar surface area (TPSA) is 96.6 Å². The lowest BCUT2D eigenvalue weighted by molar-refractivity contribution is -0.384. The zero-order valence-corrected chi connectivity index (χ0v) is 12.4. The minimum absolute atomic E-state index is 0.0133. The standard InChI is InChI=1S/C12H10ClN3O4S/c1-15(4-7-5-21-6-14-7)11-9(12(17)18)2-8(16(19)20)3-10(11)13/h2-3,5-6H,4H2,1H3,(H,17,18). The van der Waals surface area contributed by atoms with Crippen molar-refractivity contribution in [2.45, 2.75) is 6.54 Å². The fraction of sp³-hybridized carbons (Fsp3) is 0.167. The summed E-state index contributed by atoms with van der Waals surface area (Å²) in [5.74, 6) is -1.28. The summed E-state index contributed by atoms with van der Waals surface area (Å²) in [4.78, 5) is 27.2. The summed E-state index contributed by atoms with van der Waals surface area (Å²) in [6.45, 7) is 0.349. The number of nitro benzene ring substituents is 1. The van der Waals surface area contributed by atoms with E-state index in [2.05, 4.69) is 4.98 Å². The molecule has 0 fully saturated rings. The molecule has 1 aromatic heterocycles. The number of thiazole rings is 1. The molecule has 2 rings (SSSR count). The fourth-order valence-electron chi connectivity index (χ4n) is 1.88. The number of nitro groups is 1. The van der Waals surface area contributed by atoms with Crippen LogP contribution in [0.5, 0.6) is 0 Å². The number of anilines is 1. The van der Waals surface area contributed by atoms with E-state index >= 15 is 0 Å². The van der Waals surface area contributed by atoms with Gasteiger partial charge in [0.1, 0.15) is 0 Å². The van der Waals surface area contributed by atoms with Crippen LogP contribution in [0.3, 0.4) is 0 Å². The summed E-state index contributed by atoms with van der Waals surface area (Å²) in [5, 5.41) is 21.9. The molecule has 0 amide bonds. The largest absolute Gasteiger partial charge is 0.478 e.